The van der Waals surface area contributed by atoms with Crippen LogP contribution in [0.3, 0.4) is 0 Å². The molecule has 0 bridgehead atoms. The average molecular weight is 236 g/mol. The molecular formula is C11H16N4O2. The van der Waals surface area contributed by atoms with Crippen molar-refractivity contribution < 1.29 is 4.92 Å². The Bertz CT molecular complexity index is 435. The number of anilines is 1. The van der Waals surface area contributed by atoms with E-state index in [2.05, 4.69) is 4.98 Å². The maximum Gasteiger partial charge on any atom is 0.311 e. The molecule has 0 radical (unpaired) electrons. The molecule has 1 saturated heterocycles. The van der Waals surface area contributed by atoms with Crippen LogP contribution in [0.5, 0.6) is 0 Å². The van der Waals surface area contributed by atoms with Crippen molar-refractivity contribution in [3.05, 3.63) is 27.9 Å². The van der Waals surface area contributed by atoms with Crippen molar-refractivity contribution in [1.29, 1.82) is 0 Å². The molecule has 1 atom stereocenters. The smallest absolute Gasteiger partial charge is 0.311 e. The van der Waals surface area contributed by atoms with Gasteiger partial charge in [-0.1, -0.05) is 0 Å². The van der Waals surface area contributed by atoms with E-state index in [9.17, 15) is 10.1 Å². The van der Waals surface area contributed by atoms with Crippen LogP contribution in [0.4, 0.5) is 11.5 Å². The second kappa shape index (κ2) is 4.67. The van der Waals surface area contributed by atoms with Gasteiger partial charge in [0.25, 0.3) is 0 Å². The Kier molecular flexibility index (Phi) is 3.23. The highest BCUT2D eigenvalue weighted by molar-refractivity contribution is 5.58. The summed E-state index contributed by atoms with van der Waals surface area (Å²) in [7, 11) is 0. The first kappa shape index (κ1) is 11.8. The summed E-state index contributed by atoms with van der Waals surface area (Å²) in [4.78, 5) is 16.7. The zero-order valence-electron chi connectivity index (χ0n) is 9.80. The molecule has 1 aliphatic rings. The van der Waals surface area contributed by atoms with Gasteiger partial charge in [0.05, 0.1) is 4.92 Å². The third kappa shape index (κ3) is 2.52. The van der Waals surface area contributed by atoms with Crippen LogP contribution in [0.25, 0.3) is 0 Å². The number of hydrogen-bond donors (Lipinski definition) is 1. The molecule has 0 spiro atoms. The molecule has 0 aliphatic carbocycles. The molecule has 0 aromatic carbocycles. The summed E-state index contributed by atoms with van der Waals surface area (Å²) in [5.41, 5.74) is 6.74. The highest BCUT2D eigenvalue weighted by Crippen LogP contribution is 2.28. The van der Waals surface area contributed by atoms with Crippen molar-refractivity contribution in [3.63, 3.8) is 0 Å². The molecule has 2 heterocycles. The van der Waals surface area contributed by atoms with E-state index in [1.54, 1.807) is 19.2 Å². The average Bonchev–Trinajstić information content (AvgIpc) is 2.28. The molecule has 1 aliphatic heterocycles. The highest BCUT2D eigenvalue weighted by atomic mass is 16.6. The van der Waals surface area contributed by atoms with E-state index in [4.69, 9.17) is 5.73 Å². The van der Waals surface area contributed by atoms with Crippen LogP contribution >= 0.6 is 0 Å². The summed E-state index contributed by atoms with van der Waals surface area (Å²) >= 11 is 0. The molecule has 6 nitrogen and oxygen atoms in total. The number of nitrogens with zero attached hydrogens (tertiary/aromatic N) is 3. The van der Waals surface area contributed by atoms with Crippen molar-refractivity contribution in [1.82, 2.24) is 4.98 Å². The molecule has 0 saturated carbocycles. The first-order valence-corrected chi connectivity index (χ1v) is 5.69. The van der Waals surface area contributed by atoms with E-state index in [1.165, 1.54) is 0 Å². The summed E-state index contributed by atoms with van der Waals surface area (Å²) in [6.07, 6.45) is 3.58. The van der Waals surface area contributed by atoms with E-state index >= 15 is 0 Å². The zero-order valence-corrected chi connectivity index (χ0v) is 9.80. The van der Waals surface area contributed by atoms with Crippen LogP contribution in [0.1, 0.15) is 18.4 Å². The van der Waals surface area contributed by atoms with Gasteiger partial charge < -0.3 is 10.6 Å². The Morgan fingerprint density at radius 1 is 1.65 bits per heavy atom. The number of hydrogen-bond acceptors (Lipinski definition) is 5. The largest absolute Gasteiger partial charge is 0.349 e. The first-order valence-electron chi connectivity index (χ1n) is 5.69. The quantitative estimate of drug-likeness (QED) is 0.616. The Balaban J connectivity index is 2.33. The molecule has 0 unspecified atom stereocenters. The van der Waals surface area contributed by atoms with Crippen molar-refractivity contribution in [2.75, 3.05) is 18.0 Å². The molecule has 1 aromatic rings. The lowest BCUT2D eigenvalue weighted by Gasteiger charge is -2.31. The second-order valence-electron chi connectivity index (χ2n) is 4.46. The maximum atomic E-state index is 11.0. The van der Waals surface area contributed by atoms with Crippen LogP contribution in [0, 0.1) is 17.0 Å². The highest BCUT2D eigenvalue weighted by Gasteiger charge is 2.25. The second-order valence-corrected chi connectivity index (χ2v) is 4.46. The minimum atomic E-state index is -0.380. The predicted molar refractivity (Wildman–Crippen MR) is 65.1 cm³/mol. The number of aromatic nitrogens is 1. The van der Waals surface area contributed by atoms with Crippen LogP contribution in [0.2, 0.25) is 0 Å². The molecule has 1 aromatic heterocycles. The summed E-state index contributed by atoms with van der Waals surface area (Å²) in [6.45, 7) is 3.22. The van der Waals surface area contributed by atoms with Gasteiger partial charge in [0, 0.05) is 31.4 Å². The molecule has 2 rings (SSSR count). The van der Waals surface area contributed by atoms with Gasteiger partial charge in [-0.25, -0.2) is 4.98 Å². The number of nitro groups is 1. The Morgan fingerprint density at radius 2 is 2.41 bits per heavy atom. The van der Waals surface area contributed by atoms with Gasteiger partial charge in [0.15, 0.2) is 0 Å². The van der Waals surface area contributed by atoms with E-state index in [1.807, 2.05) is 4.90 Å². The summed E-state index contributed by atoms with van der Waals surface area (Å²) in [5, 5.41) is 11.0. The number of pyridine rings is 1. The topological polar surface area (TPSA) is 85.3 Å². The Morgan fingerprint density at radius 3 is 3.06 bits per heavy atom. The summed E-state index contributed by atoms with van der Waals surface area (Å²) in [6, 6.07) is 1.63. The van der Waals surface area contributed by atoms with Gasteiger partial charge >= 0.3 is 5.69 Å². The van der Waals surface area contributed by atoms with Crippen molar-refractivity contribution in [2.24, 2.45) is 5.73 Å². The van der Waals surface area contributed by atoms with Gasteiger partial charge in [-0.15, -0.1) is 0 Å². The number of aryl methyl sites for hydroxylation is 1. The molecule has 0 amide bonds. The first-order chi connectivity index (χ1) is 8.08. The fourth-order valence-corrected chi connectivity index (χ4v) is 2.13. The van der Waals surface area contributed by atoms with E-state index in [0.717, 1.165) is 24.9 Å². The van der Waals surface area contributed by atoms with Crippen LogP contribution in [-0.4, -0.2) is 29.0 Å². The third-order valence-corrected chi connectivity index (χ3v) is 2.94. The lowest BCUT2D eigenvalue weighted by Crippen LogP contribution is -2.43. The Labute approximate surface area is 99.6 Å². The SMILES string of the molecule is Cc1cnc(N2CCC[C@@H](N)C2)c([N+](=O)[O-])c1. The minimum Gasteiger partial charge on any atom is -0.349 e. The lowest BCUT2D eigenvalue weighted by molar-refractivity contribution is -0.384. The zero-order chi connectivity index (χ0) is 12.4. The molecule has 1 fully saturated rings. The standard InChI is InChI=1S/C11H16N4O2/c1-8-5-10(15(16)17)11(13-6-8)14-4-2-3-9(12)7-14/h5-6,9H,2-4,7,12H2,1H3/t9-/m1/s1. The van der Waals surface area contributed by atoms with Gasteiger partial charge in [-0.2, -0.15) is 0 Å². The van der Waals surface area contributed by atoms with Crippen LogP contribution in [-0.2, 0) is 0 Å². The Hall–Kier alpha value is -1.69. The molecular weight excluding hydrogens is 220 g/mol. The lowest BCUT2D eigenvalue weighted by atomic mass is 10.1. The predicted octanol–water partition coefficient (Wildman–Crippen LogP) is 1.23. The molecule has 92 valence electrons. The third-order valence-electron chi connectivity index (χ3n) is 2.94. The molecule has 6 heteroatoms. The van der Waals surface area contributed by atoms with Gasteiger partial charge in [0.1, 0.15) is 0 Å². The fraction of sp³-hybridized carbons (Fsp3) is 0.545. The van der Waals surface area contributed by atoms with Crippen molar-refractivity contribution in [3.8, 4) is 0 Å². The van der Waals surface area contributed by atoms with Gasteiger partial charge in [0.2, 0.25) is 5.82 Å². The van der Waals surface area contributed by atoms with Crippen molar-refractivity contribution in [2.45, 2.75) is 25.8 Å². The number of rotatable bonds is 2. The summed E-state index contributed by atoms with van der Waals surface area (Å²) < 4.78 is 0. The van der Waals surface area contributed by atoms with E-state index < -0.39 is 0 Å². The number of nitrogens with two attached hydrogens (primary N) is 1. The van der Waals surface area contributed by atoms with Gasteiger partial charge in [-0.05, 0) is 25.3 Å². The van der Waals surface area contributed by atoms with E-state index in [0.29, 0.717) is 12.4 Å². The van der Waals surface area contributed by atoms with Gasteiger partial charge in [-0.3, -0.25) is 10.1 Å². The van der Waals surface area contributed by atoms with Crippen molar-refractivity contribution >= 4 is 11.5 Å². The maximum absolute atomic E-state index is 11.0. The normalized spacial score (nSPS) is 20.4. The monoisotopic (exact) mass is 236 g/mol. The van der Waals surface area contributed by atoms with Crippen LogP contribution in [0.15, 0.2) is 12.3 Å². The van der Waals surface area contributed by atoms with E-state index in [-0.39, 0.29) is 16.7 Å². The van der Waals surface area contributed by atoms with Crippen LogP contribution < -0.4 is 10.6 Å². The summed E-state index contributed by atoms with van der Waals surface area (Å²) in [5.74, 6) is 0.441. The molecule has 17 heavy (non-hydrogen) atoms. The number of piperidine rings is 1. The fourth-order valence-electron chi connectivity index (χ4n) is 2.13. The minimum absolute atomic E-state index is 0.0686. The molecule has 2 N–H and O–H groups in total.